The van der Waals surface area contributed by atoms with Crippen LogP contribution < -0.4 is 10.6 Å². The highest BCUT2D eigenvalue weighted by Crippen LogP contribution is 2.04. The lowest BCUT2D eigenvalue weighted by atomic mass is 10.3. The molecule has 0 aliphatic carbocycles. The van der Waals surface area contributed by atoms with Crippen molar-refractivity contribution in [1.82, 2.24) is 15.5 Å². The van der Waals surface area contributed by atoms with Gasteiger partial charge in [-0.05, 0) is 12.8 Å². The van der Waals surface area contributed by atoms with Crippen molar-refractivity contribution in [2.75, 3.05) is 11.9 Å². The van der Waals surface area contributed by atoms with Gasteiger partial charge in [-0.1, -0.05) is 13.8 Å². The third-order valence-corrected chi connectivity index (χ3v) is 1.79. The highest BCUT2D eigenvalue weighted by molar-refractivity contribution is 5.88. The summed E-state index contributed by atoms with van der Waals surface area (Å²) in [6.07, 6.45) is 1.81. The van der Waals surface area contributed by atoms with Crippen LogP contribution >= 0.6 is 0 Å². The molecule has 0 aromatic carbocycles. The number of rotatable bonds is 4. The molecular weight excluding hydrogens is 180 g/mol. The molecule has 0 fully saturated rings. The van der Waals surface area contributed by atoms with E-state index in [0.717, 1.165) is 18.5 Å². The summed E-state index contributed by atoms with van der Waals surface area (Å²) in [5.74, 6) is 0.565. The van der Waals surface area contributed by atoms with Crippen molar-refractivity contribution in [2.24, 2.45) is 0 Å². The number of carbonyl (C=O) groups excluding carboxylic acids is 1. The van der Waals surface area contributed by atoms with E-state index in [-0.39, 0.29) is 6.03 Å². The van der Waals surface area contributed by atoms with Crippen molar-refractivity contribution < 1.29 is 4.79 Å². The lowest BCUT2D eigenvalue weighted by molar-refractivity contribution is 0.252. The predicted molar refractivity (Wildman–Crippen MR) is 55.3 cm³/mol. The minimum atomic E-state index is -0.207. The Morgan fingerprint density at radius 1 is 1.57 bits per heavy atom. The minimum absolute atomic E-state index is 0.207. The first-order valence-electron chi connectivity index (χ1n) is 4.85. The first kappa shape index (κ1) is 10.6. The second-order valence-corrected chi connectivity index (χ2v) is 3.01. The molecule has 0 aliphatic heterocycles. The van der Waals surface area contributed by atoms with Crippen molar-refractivity contribution in [1.29, 1.82) is 0 Å². The van der Waals surface area contributed by atoms with E-state index in [1.165, 1.54) is 0 Å². The van der Waals surface area contributed by atoms with Gasteiger partial charge >= 0.3 is 6.03 Å². The highest BCUT2D eigenvalue weighted by Gasteiger charge is 2.03. The molecule has 0 unspecified atom stereocenters. The normalized spacial score (nSPS) is 9.86. The molecule has 1 aromatic rings. The van der Waals surface area contributed by atoms with Gasteiger partial charge in [0.05, 0.1) is 0 Å². The molecule has 0 atom stereocenters. The molecule has 0 bridgehead atoms. The average molecular weight is 196 g/mol. The van der Waals surface area contributed by atoms with Crippen LogP contribution in [0.5, 0.6) is 0 Å². The molecular formula is C9H16N4O. The van der Waals surface area contributed by atoms with Crippen molar-refractivity contribution in [3.05, 3.63) is 11.8 Å². The Hall–Kier alpha value is -1.52. The molecule has 0 radical (unpaired) electrons. The highest BCUT2D eigenvalue weighted by atomic mass is 16.2. The molecule has 5 nitrogen and oxygen atoms in total. The average Bonchev–Trinajstić information content (AvgIpc) is 2.62. The van der Waals surface area contributed by atoms with Crippen LogP contribution in [0.3, 0.4) is 0 Å². The lowest BCUT2D eigenvalue weighted by Gasteiger charge is -2.02. The van der Waals surface area contributed by atoms with E-state index in [1.807, 2.05) is 19.9 Å². The zero-order valence-electron chi connectivity index (χ0n) is 8.55. The van der Waals surface area contributed by atoms with Gasteiger partial charge in [-0.15, -0.1) is 0 Å². The number of aromatic amines is 1. The summed E-state index contributed by atoms with van der Waals surface area (Å²) in [5, 5.41) is 12.1. The summed E-state index contributed by atoms with van der Waals surface area (Å²) in [6, 6.07) is 1.62. The van der Waals surface area contributed by atoms with E-state index in [0.29, 0.717) is 12.4 Å². The number of amides is 2. The Labute approximate surface area is 83.3 Å². The monoisotopic (exact) mass is 196 g/mol. The molecule has 0 spiro atoms. The number of hydrogen-bond acceptors (Lipinski definition) is 2. The number of nitrogens with one attached hydrogen (secondary N) is 3. The number of aromatic nitrogens is 2. The van der Waals surface area contributed by atoms with E-state index < -0.39 is 0 Å². The molecule has 78 valence electrons. The second kappa shape index (κ2) is 5.26. The van der Waals surface area contributed by atoms with Crippen LogP contribution in [0.1, 0.15) is 26.0 Å². The zero-order chi connectivity index (χ0) is 10.4. The molecule has 0 saturated heterocycles. The molecule has 1 aromatic heterocycles. The van der Waals surface area contributed by atoms with E-state index in [1.54, 1.807) is 0 Å². The first-order chi connectivity index (χ1) is 6.76. The number of urea groups is 1. The van der Waals surface area contributed by atoms with E-state index in [9.17, 15) is 4.79 Å². The largest absolute Gasteiger partial charge is 0.338 e. The number of H-pyrrole nitrogens is 1. The van der Waals surface area contributed by atoms with E-state index in [4.69, 9.17) is 0 Å². The van der Waals surface area contributed by atoms with Crippen LogP contribution in [0.15, 0.2) is 6.07 Å². The fraction of sp³-hybridized carbons (Fsp3) is 0.556. The number of aryl methyl sites for hydroxylation is 1. The fourth-order valence-corrected chi connectivity index (χ4v) is 1.01. The summed E-state index contributed by atoms with van der Waals surface area (Å²) in [6.45, 7) is 4.70. The number of hydrogen-bond donors (Lipinski definition) is 3. The van der Waals surface area contributed by atoms with Crippen LogP contribution in [-0.2, 0) is 6.42 Å². The smallest absolute Gasteiger partial charge is 0.320 e. The molecule has 5 heteroatoms. The zero-order valence-corrected chi connectivity index (χ0v) is 8.55. The van der Waals surface area contributed by atoms with Crippen LogP contribution in [-0.4, -0.2) is 22.8 Å². The molecule has 1 heterocycles. The van der Waals surface area contributed by atoms with Gasteiger partial charge in [-0.3, -0.25) is 10.4 Å². The molecule has 2 amide bonds. The maximum atomic E-state index is 11.2. The standard InChI is InChI=1S/C9H16N4O/c1-3-5-10-9(14)11-8-6-7(4-2)12-13-8/h6H,3-5H2,1-2H3,(H3,10,11,12,13,14). The third-order valence-electron chi connectivity index (χ3n) is 1.79. The van der Waals surface area contributed by atoms with Crippen LogP contribution in [0.4, 0.5) is 10.6 Å². The molecule has 0 aliphatic rings. The predicted octanol–water partition coefficient (Wildman–Crippen LogP) is 1.50. The van der Waals surface area contributed by atoms with Crippen molar-refractivity contribution >= 4 is 11.8 Å². The van der Waals surface area contributed by atoms with E-state index in [2.05, 4.69) is 20.8 Å². The topological polar surface area (TPSA) is 69.8 Å². The summed E-state index contributed by atoms with van der Waals surface area (Å²) >= 11 is 0. The Bertz CT molecular complexity index is 295. The van der Waals surface area contributed by atoms with Gasteiger partial charge in [-0.25, -0.2) is 4.79 Å². The molecule has 3 N–H and O–H groups in total. The van der Waals surface area contributed by atoms with Crippen LogP contribution in [0.25, 0.3) is 0 Å². The van der Waals surface area contributed by atoms with Gasteiger partial charge in [0.25, 0.3) is 0 Å². The summed E-state index contributed by atoms with van der Waals surface area (Å²) < 4.78 is 0. The lowest BCUT2D eigenvalue weighted by Crippen LogP contribution is -2.29. The van der Waals surface area contributed by atoms with Gasteiger partial charge in [0.2, 0.25) is 0 Å². The number of carbonyl (C=O) groups is 1. The molecule has 0 saturated carbocycles. The summed E-state index contributed by atoms with van der Waals surface area (Å²) in [7, 11) is 0. The maximum absolute atomic E-state index is 11.2. The van der Waals surface area contributed by atoms with Crippen molar-refractivity contribution in [2.45, 2.75) is 26.7 Å². The number of nitrogens with zero attached hydrogens (tertiary/aromatic N) is 1. The second-order valence-electron chi connectivity index (χ2n) is 3.01. The van der Waals surface area contributed by atoms with Gasteiger partial charge in [0, 0.05) is 18.3 Å². The van der Waals surface area contributed by atoms with Gasteiger partial charge in [0.1, 0.15) is 0 Å². The Balaban J connectivity index is 2.39. The Morgan fingerprint density at radius 2 is 2.36 bits per heavy atom. The maximum Gasteiger partial charge on any atom is 0.320 e. The van der Waals surface area contributed by atoms with Crippen LogP contribution in [0.2, 0.25) is 0 Å². The Kier molecular flexibility index (Phi) is 3.97. The van der Waals surface area contributed by atoms with Crippen molar-refractivity contribution in [3.8, 4) is 0 Å². The van der Waals surface area contributed by atoms with Crippen LogP contribution in [0, 0.1) is 0 Å². The summed E-state index contributed by atoms with van der Waals surface area (Å²) in [4.78, 5) is 11.2. The van der Waals surface area contributed by atoms with Gasteiger partial charge < -0.3 is 5.32 Å². The molecule has 1 rings (SSSR count). The van der Waals surface area contributed by atoms with Crippen molar-refractivity contribution in [3.63, 3.8) is 0 Å². The van der Waals surface area contributed by atoms with Gasteiger partial charge in [-0.2, -0.15) is 5.10 Å². The van der Waals surface area contributed by atoms with E-state index >= 15 is 0 Å². The summed E-state index contributed by atoms with van der Waals surface area (Å²) in [5.41, 5.74) is 1.01. The Morgan fingerprint density at radius 3 is 2.93 bits per heavy atom. The number of anilines is 1. The third kappa shape index (κ3) is 3.08. The quantitative estimate of drug-likeness (QED) is 0.683. The fourth-order valence-electron chi connectivity index (χ4n) is 1.01. The first-order valence-corrected chi connectivity index (χ1v) is 4.85. The minimum Gasteiger partial charge on any atom is -0.338 e. The SMILES string of the molecule is CCCNC(=O)Nc1cc(CC)[nH]n1. The van der Waals surface area contributed by atoms with Gasteiger partial charge in [0.15, 0.2) is 5.82 Å². The molecule has 14 heavy (non-hydrogen) atoms.